The standard InChI is InChI=1S/C19H22ClN5OS/c1-12(2)23-19-22-11-17(27-19)16-10-15(13-6-4-5-7-14(13)20)24-18(25-16)21-8-9-26-3/h4-7,10-12H,8-9H2,1-3H3,(H,22,23)(H,21,24,25). The molecule has 0 radical (unpaired) electrons. The second kappa shape index (κ2) is 9.12. The molecule has 6 nitrogen and oxygen atoms in total. The van der Waals surface area contributed by atoms with Gasteiger partial charge in [-0.3, -0.25) is 0 Å². The first-order valence-corrected chi connectivity index (χ1v) is 9.86. The lowest BCUT2D eigenvalue weighted by Gasteiger charge is -2.10. The summed E-state index contributed by atoms with van der Waals surface area (Å²) in [4.78, 5) is 14.7. The predicted octanol–water partition coefficient (Wildman–Crippen LogP) is 4.80. The van der Waals surface area contributed by atoms with Crippen LogP contribution in [-0.2, 0) is 4.74 Å². The highest BCUT2D eigenvalue weighted by molar-refractivity contribution is 7.18. The summed E-state index contributed by atoms with van der Waals surface area (Å²) < 4.78 is 5.10. The maximum Gasteiger partial charge on any atom is 0.223 e. The largest absolute Gasteiger partial charge is 0.383 e. The van der Waals surface area contributed by atoms with Gasteiger partial charge in [0.2, 0.25) is 5.95 Å². The van der Waals surface area contributed by atoms with Crippen LogP contribution in [0.3, 0.4) is 0 Å². The number of hydrogen-bond acceptors (Lipinski definition) is 7. The fourth-order valence-corrected chi connectivity index (χ4v) is 3.59. The van der Waals surface area contributed by atoms with Crippen LogP contribution in [0, 0.1) is 0 Å². The zero-order chi connectivity index (χ0) is 19.2. The van der Waals surface area contributed by atoms with Crippen LogP contribution in [0.2, 0.25) is 5.02 Å². The van der Waals surface area contributed by atoms with Crippen LogP contribution in [0.5, 0.6) is 0 Å². The van der Waals surface area contributed by atoms with E-state index in [1.807, 2.05) is 36.5 Å². The zero-order valence-electron chi connectivity index (χ0n) is 15.5. The minimum atomic E-state index is 0.319. The first-order chi connectivity index (χ1) is 13.1. The molecular weight excluding hydrogens is 382 g/mol. The molecule has 0 bridgehead atoms. The van der Waals surface area contributed by atoms with Crippen LogP contribution >= 0.6 is 22.9 Å². The summed E-state index contributed by atoms with van der Waals surface area (Å²) >= 11 is 7.94. The van der Waals surface area contributed by atoms with Crippen LogP contribution in [0.25, 0.3) is 21.8 Å². The predicted molar refractivity (Wildman–Crippen MR) is 113 cm³/mol. The van der Waals surface area contributed by atoms with Crippen molar-refractivity contribution in [2.75, 3.05) is 30.9 Å². The van der Waals surface area contributed by atoms with Gasteiger partial charge in [-0.25, -0.2) is 15.0 Å². The zero-order valence-corrected chi connectivity index (χ0v) is 17.1. The van der Waals surface area contributed by atoms with Crippen molar-refractivity contribution in [1.82, 2.24) is 15.0 Å². The number of rotatable bonds is 8. The number of hydrogen-bond donors (Lipinski definition) is 2. The summed E-state index contributed by atoms with van der Waals surface area (Å²) in [6, 6.07) is 9.91. The molecule has 27 heavy (non-hydrogen) atoms. The van der Waals surface area contributed by atoms with Gasteiger partial charge < -0.3 is 15.4 Å². The second-order valence-electron chi connectivity index (χ2n) is 6.19. The molecule has 0 fully saturated rings. The lowest BCUT2D eigenvalue weighted by Crippen LogP contribution is -2.11. The van der Waals surface area contributed by atoms with Crippen molar-refractivity contribution in [3.05, 3.63) is 41.6 Å². The van der Waals surface area contributed by atoms with Crippen LogP contribution in [0.1, 0.15) is 13.8 Å². The Kier molecular flexibility index (Phi) is 6.60. The molecule has 3 rings (SSSR count). The smallest absolute Gasteiger partial charge is 0.223 e. The van der Waals surface area contributed by atoms with Gasteiger partial charge in [0.05, 0.1) is 22.9 Å². The van der Waals surface area contributed by atoms with E-state index in [1.165, 1.54) is 0 Å². The molecule has 1 aromatic carbocycles. The number of nitrogens with zero attached hydrogens (tertiary/aromatic N) is 3. The first kappa shape index (κ1) is 19.5. The number of thiazole rings is 1. The summed E-state index contributed by atoms with van der Waals surface area (Å²) in [5, 5.41) is 8.04. The average Bonchev–Trinajstić information content (AvgIpc) is 3.10. The third-order valence-electron chi connectivity index (χ3n) is 3.64. The Hall–Kier alpha value is -2.22. The van der Waals surface area contributed by atoms with Gasteiger partial charge in [0.1, 0.15) is 0 Å². The molecule has 0 spiro atoms. The van der Waals surface area contributed by atoms with E-state index < -0.39 is 0 Å². The van der Waals surface area contributed by atoms with Crippen molar-refractivity contribution in [3.8, 4) is 21.8 Å². The third kappa shape index (κ3) is 5.15. The Balaban J connectivity index is 1.99. The van der Waals surface area contributed by atoms with Crippen molar-refractivity contribution in [2.45, 2.75) is 19.9 Å². The van der Waals surface area contributed by atoms with Gasteiger partial charge in [0, 0.05) is 36.5 Å². The van der Waals surface area contributed by atoms with E-state index in [9.17, 15) is 0 Å². The molecule has 8 heteroatoms. The SMILES string of the molecule is COCCNc1nc(-c2cnc(NC(C)C)s2)cc(-c2ccccc2Cl)n1. The van der Waals surface area contributed by atoms with E-state index in [2.05, 4.69) is 39.4 Å². The van der Waals surface area contributed by atoms with Crippen LogP contribution in [-0.4, -0.2) is 41.3 Å². The molecule has 2 heterocycles. The Morgan fingerprint density at radius 1 is 1.19 bits per heavy atom. The van der Waals surface area contributed by atoms with Crippen molar-refractivity contribution < 1.29 is 4.74 Å². The van der Waals surface area contributed by atoms with E-state index >= 15 is 0 Å². The number of benzene rings is 1. The Morgan fingerprint density at radius 3 is 2.70 bits per heavy atom. The van der Waals surface area contributed by atoms with Gasteiger partial charge in [0.25, 0.3) is 0 Å². The van der Waals surface area contributed by atoms with Gasteiger partial charge >= 0.3 is 0 Å². The molecule has 0 amide bonds. The summed E-state index contributed by atoms with van der Waals surface area (Å²) in [5.41, 5.74) is 2.43. The third-order valence-corrected chi connectivity index (χ3v) is 4.92. The number of nitrogens with one attached hydrogen (secondary N) is 2. The molecule has 0 saturated carbocycles. The number of halogens is 1. The normalized spacial score (nSPS) is 11.0. The molecule has 0 atom stereocenters. The van der Waals surface area contributed by atoms with Crippen LogP contribution in [0.4, 0.5) is 11.1 Å². The van der Waals surface area contributed by atoms with Crippen molar-refractivity contribution in [1.29, 1.82) is 0 Å². The van der Waals surface area contributed by atoms with Gasteiger partial charge in [-0.15, -0.1) is 0 Å². The maximum absolute atomic E-state index is 6.38. The maximum atomic E-state index is 6.38. The first-order valence-electron chi connectivity index (χ1n) is 8.66. The highest BCUT2D eigenvalue weighted by Crippen LogP contribution is 2.33. The van der Waals surface area contributed by atoms with Gasteiger partial charge in [-0.2, -0.15) is 0 Å². The van der Waals surface area contributed by atoms with Crippen molar-refractivity contribution in [2.24, 2.45) is 0 Å². The molecule has 2 N–H and O–H groups in total. The van der Waals surface area contributed by atoms with Crippen LogP contribution in [0.15, 0.2) is 36.5 Å². The lowest BCUT2D eigenvalue weighted by atomic mass is 10.1. The summed E-state index contributed by atoms with van der Waals surface area (Å²) in [5.74, 6) is 0.534. The molecule has 0 saturated heterocycles. The fraction of sp³-hybridized carbons (Fsp3) is 0.316. The average molecular weight is 404 g/mol. The molecule has 0 aliphatic heterocycles. The van der Waals surface area contributed by atoms with E-state index in [0.717, 1.165) is 27.0 Å². The highest BCUT2D eigenvalue weighted by Gasteiger charge is 2.13. The molecular formula is C19H22ClN5OS. The van der Waals surface area contributed by atoms with Gasteiger partial charge in [0.15, 0.2) is 5.13 Å². The molecule has 142 valence electrons. The van der Waals surface area contributed by atoms with Crippen molar-refractivity contribution in [3.63, 3.8) is 0 Å². The highest BCUT2D eigenvalue weighted by atomic mass is 35.5. The minimum absolute atomic E-state index is 0.319. The molecule has 0 unspecified atom stereocenters. The van der Waals surface area contributed by atoms with E-state index in [1.54, 1.807) is 18.4 Å². The Morgan fingerprint density at radius 2 is 1.96 bits per heavy atom. The van der Waals surface area contributed by atoms with Crippen molar-refractivity contribution >= 4 is 34.0 Å². The number of anilines is 2. The molecule has 0 aliphatic rings. The van der Waals surface area contributed by atoms with E-state index in [0.29, 0.717) is 30.2 Å². The number of methoxy groups -OCH3 is 1. The van der Waals surface area contributed by atoms with E-state index in [4.69, 9.17) is 16.3 Å². The monoisotopic (exact) mass is 403 g/mol. The molecule has 3 aromatic rings. The summed E-state index contributed by atoms with van der Waals surface area (Å²) in [7, 11) is 1.66. The summed E-state index contributed by atoms with van der Waals surface area (Å²) in [6.07, 6.45) is 1.83. The quantitative estimate of drug-likeness (QED) is 0.526. The lowest BCUT2D eigenvalue weighted by molar-refractivity contribution is 0.210. The molecule has 0 aliphatic carbocycles. The number of ether oxygens (including phenoxy) is 1. The fourth-order valence-electron chi connectivity index (χ4n) is 2.43. The Bertz CT molecular complexity index is 899. The van der Waals surface area contributed by atoms with E-state index in [-0.39, 0.29) is 0 Å². The Labute approximate surface area is 168 Å². The summed E-state index contributed by atoms with van der Waals surface area (Å²) in [6.45, 7) is 5.35. The second-order valence-corrected chi connectivity index (χ2v) is 7.63. The van der Waals surface area contributed by atoms with Crippen LogP contribution < -0.4 is 10.6 Å². The topological polar surface area (TPSA) is 72.0 Å². The molecule has 2 aromatic heterocycles. The van der Waals surface area contributed by atoms with Gasteiger partial charge in [-0.1, -0.05) is 41.1 Å². The minimum Gasteiger partial charge on any atom is -0.383 e. The van der Waals surface area contributed by atoms with Gasteiger partial charge in [-0.05, 0) is 26.0 Å². The number of aromatic nitrogens is 3.